The smallest absolute Gasteiger partial charge is 0.258 e. The van der Waals surface area contributed by atoms with Crippen LogP contribution in [0.15, 0.2) is 23.1 Å². The zero-order chi connectivity index (χ0) is 15.8. The standard InChI is InChI=1S/C13H17ClN2O4S/c1-9(2)10-5-6-15(8-10)21(19,20)13-7-11(16(17)18)3-4-12(13)14/h3-4,7,9-10H,5-6,8H2,1-2H3. The van der Waals surface area contributed by atoms with Gasteiger partial charge in [0.1, 0.15) is 4.90 Å². The number of nitro groups is 1. The molecule has 0 radical (unpaired) electrons. The van der Waals surface area contributed by atoms with Gasteiger partial charge in [-0.15, -0.1) is 0 Å². The third-order valence-corrected chi connectivity index (χ3v) is 6.22. The molecule has 2 rings (SSSR count). The molecule has 1 heterocycles. The molecule has 1 unspecified atom stereocenters. The minimum absolute atomic E-state index is 0.00796. The predicted octanol–water partition coefficient (Wildman–Crippen LogP) is 2.91. The summed E-state index contributed by atoms with van der Waals surface area (Å²) >= 11 is 5.93. The van der Waals surface area contributed by atoms with Crippen molar-refractivity contribution in [1.29, 1.82) is 0 Å². The highest BCUT2D eigenvalue weighted by molar-refractivity contribution is 7.89. The van der Waals surface area contributed by atoms with Crippen molar-refractivity contribution in [2.45, 2.75) is 25.2 Å². The predicted molar refractivity (Wildman–Crippen MR) is 79.8 cm³/mol. The summed E-state index contributed by atoms with van der Waals surface area (Å²) in [5.41, 5.74) is -0.280. The second-order valence-electron chi connectivity index (χ2n) is 5.53. The normalized spacial score (nSPS) is 20.1. The van der Waals surface area contributed by atoms with Crippen molar-refractivity contribution in [3.8, 4) is 0 Å². The molecule has 0 amide bonds. The fourth-order valence-corrected chi connectivity index (χ4v) is 4.46. The lowest BCUT2D eigenvalue weighted by Gasteiger charge is -2.18. The van der Waals surface area contributed by atoms with Crippen LogP contribution in [0.4, 0.5) is 5.69 Å². The van der Waals surface area contributed by atoms with E-state index in [-0.39, 0.29) is 15.6 Å². The van der Waals surface area contributed by atoms with Gasteiger partial charge in [-0.1, -0.05) is 25.4 Å². The Morgan fingerprint density at radius 2 is 2.10 bits per heavy atom. The SMILES string of the molecule is CC(C)C1CCN(S(=O)(=O)c2cc([N+](=O)[O-])ccc2Cl)C1. The van der Waals surface area contributed by atoms with E-state index in [4.69, 9.17) is 11.6 Å². The van der Waals surface area contributed by atoms with Crippen LogP contribution in [0.3, 0.4) is 0 Å². The van der Waals surface area contributed by atoms with Crippen LogP contribution in [0.1, 0.15) is 20.3 Å². The van der Waals surface area contributed by atoms with Crippen LogP contribution in [-0.2, 0) is 10.0 Å². The first-order chi connectivity index (χ1) is 9.73. The van der Waals surface area contributed by atoms with Gasteiger partial charge in [0.2, 0.25) is 10.0 Å². The Labute approximate surface area is 128 Å². The Bertz CT molecular complexity index is 660. The second-order valence-corrected chi connectivity index (χ2v) is 7.84. The molecule has 0 aliphatic carbocycles. The van der Waals surface area contributed by atoms with Crippen molar-refractivity contribution in [2.75, 3.05) is 13.1 Å². The maximum absolute atomic E-state index is 12.6. The first-order valence-corrected chi connectivity index (χ1v) is 8.49. The van der Waals surface area contributed by atoms with Crippen molar-refractivity contribution in [3.63, 3.8) is 0 Å². The fourth-order valence-electron chi connectivity index (χ4n) is 2.46. The highest BCUT2D eigenvalue weighted by Gasteiger charge is 2.35. The lowest BCUT2D eigenvalue weighted by Crippen LogP contribution is -2.29. The molecule has 1 aliphatic heterocycles. The summed E-state index contributed by atoms with van der Waals surface area (Å²) in [6.07, 6.45) is 0.795. The highest BCUT2D eigenvalue weighted by Crippen LogP contribution is 2.33. The molecule has 1 saturated heterocycles. The summed E-state index contributed by atoms with van der Waals surface area (Å²) in [4.78, 5) is 9.99. The molecule has 8 heteroatoms. The summed E-state index contributed by atoms with van der Waals surface area (Å²) in [6.45, 7) is 4.96. The minimum Gasteiger partial charge on any atom is -0.258 e. The molecule has 0 saturated carbocycles. The lowest BCUT2D eigenvalue weighted by molar-refractivity contribution is -0.385. The summed E-state index contributed by atoms with van der Waals surface area (Å²) in [5.74, 6) is 0.697. The summed E-state index contributed by atoms with van der Waals surface area (Å²) < 4.78 is 26.6. The zero-order valence-corrected chi connectivity index (χ0v) is 13.4. The maximum atomic E-state index is 12.6. The van der Waals surface area contributed by atoms with E-state index in [0.717, 1.165) is 12.5 Å². The van der Waals surface area contributed by atoms with Gasteiger partial charge >= 0.3 is 0 Å². The van der Waals surface area contributed by atoms with Gasteiger partial charge in [0.25, 0.3) is 5.69 Å². The second kappa shape index (κ2) is 5.90. The molecule has 0 spiro atoms. The van der Waals surface area contributed by atoms with E-state index in [2.05, 4.69) is 13.8 Å². The molecule has 0 N–H and O–H groups in total. The van der Waals surface area contributed by atoms with E-state index >= 15 is 0 Å². The van der Waals surface area contributed by atoms with Gasteiger partial charge in [-0.05, 0) is 24.3 Å². The summed E-state index contributed by atoms with van der Waals surface area (Å²) in [6, 6.07) is 3.48. The molecular weight excluding hydrogens is 316 g/mol. The Morgan fingerprint density at radius 1 is 1.43 bits per heavy atom. The quantitative estimate of drug-likeness (QED) is 0.627. The van der Waals surface area contributed by atoms with Crippen molar-refractivity contribution in [2.24, 2.45) is 11.8 Å². The minimum atomic E-state index is -3.79. The molecule has 6 nitrogen and oxygen atoms in total. The topological polar surface area (TPSA) is 80.5 Å². The van der Waals surface area contributed by atoms with E-state index in [1.165, 1.54) is 16.4 Å². The maximum Gasteiger partial charge on any atom is 0.270 e. The zero-order valence-electron chi connectivity index (χ0n) is 11.8. The van der Waals surface area contributed by atoms with Gasteiger partial charge in [0, 0.05) is 25.2 Å². The number of non-ortho nitro benzene ring substituents is 1. The number of rotatable bonds is 4. The Balaban J connectivity index is 2.36. The van der Waals surface area contributed by atoms with Crippen LogP contribution in [0.2, 0.25) is 5.02 Å². The number of sulfonamides is 1. The average Bonchev–Trinajstić information content (AvgIpc) is 2.89. The highest BCUT2D eigenvalue weighted by atomic mass is 35.5. The molecule has 0 aromatic heterocycles. The number of halogens is 1. The number of hydrogen-bond donors (Lipinski definition) is 0. The van der Waals surface area contributed by atoms with Crippen LogP contribution in [0.25, 0.3) is 0 Å². The number of hydrogen-bond acceptors (Lipinski definition) is 4. The number of nitro benzene ring substituents is 1. The van der Waals surface area contributed by atoms with Crippen LogP contribution in [0, 0.1) is 22.0 Å². The van der Waals surface area contributed by atoms with E-state index in [9.17, 15) is 18.5 Å². The Kier molecular flexibility index (Phi) is 4.55. The third kappa shape index (κ3) is 3.20. The first-order valence-electron chi connectivity index (χ1n) is 6.67. The number of benzene rings is 1. The molecule has 21 heavy (non-hydrogen) atoms. The Hall–Kier alpha value is -1.18. The first kappa shape index (κ1) is 16.2. The summed E-state index contributed by atoms with van der Waals surface area (Å²) in [7, 11) is -3.79. The van der Waals surface area contributed by atoms with Crippen molar-refractivity contribution in [1.82, 2.24) is 4.31 Å². The fraction of sp³-hybridized carbons (Fsp3) is 0.538. The van der Waals surface area contributed by atoms with E-state index in [0.29, 0.717) is 24.9 Å². The number of nitrogens with zero attached hydrogens (tertiary/aromatic N) is 2. The average molecular weight is 333 g/mol. The molecule has 1 atom stereocenters. The molecular formula is C13H17ClN2O4S. The van der Waals surface area contributed by atoms with Gasteiger partial charge in [0.15, 0.2) is 0 Å². The van der Waals surface area contributed by atoms with Gasteiger partial charge in [0.05, 0.1) is 9.95 Å². The third-order valence-electron chi connectivity index (χ3n) is 3.87. The largest absolute Gasteiger partial charge is 0.270 e. The molecule has 1 aromatic carbocycles. The van der Waals surface area contributed by atoms with Gasteiger partial charge in [-0.25, -0.2) is 8.42 Å². The monoisotopic (exact) mass is 332 g/mol. The molecule has 116 valence electrons. The van der Waals surface area contributed by atoms with Crippen LogP contribution >= 0.6 is 11.6 Å². The lowest BCUT2D eigenvalue weighted by atomic mass is 9.96. The van der Waals surface area contributed by atoms with Crippen LogP contribution < -0.4 is 0 Å². The van der Waals surface area contributed by atoms with Crippen molar-refractivity contribution in [3.05, 3.63) is 33.3 Å². The van der Waals surface area contributed by atoms with Gasteiger partial charge < -0.3 is 0 Å². The van der Waals surface area contributed by atoms with E-state index in [1.807, 2.05) is 0 Å². The van der Waals surface area contributed by atoms with Crippen LogP contribution in [0.5, 0.6) is 0 Å². The molecule has 0 bridgehead atoms. The van der Waals surface area contributed by atoms with Crippen molar-refractivity contribution >= 4 is 27.3 Å². The van der Waals surface area contributed by atoms with E-state index in [1.54, 1.807) is 0 Å². The molecule has 1 fully saturated rings. The van der Waals surface area contributed by atoms with Crippen molar-refractivity contribution < 1.29 is 13.3 Å². The van der Waals surface area contributed by atoms with Crippen LogP contribution in [-0.4, -0.2) is 30.7 Å². The Morgan fingerprint density at radius 3 is 2.62 bits per heavy atom. The van der Waals surface area contributed by atoms with Gasteiger partial charge in [-0.2, -0.15) is 4.31 Å². The molecule has 1 aliphatic rings. The van der Waals surface area contributed by atoms with Gasteiger partial charge in [-0.3, -0.25) is 10.1 Å². The molecule has 1 aromatic rings. The summed E-state index contributed by atoms with van der Waals surface area (Å²) in [5, 5.41) is 10.8. The van der Waals surface area contributed by atoms with E-state index < -0.39 is 14.9 Å².